The number of unbranched alkanes of at least 4 members (excludes halogenated alkanes) is 1. The number of aryl methyl sites for hydroxylation is 1. The highest BCUT2D eigenvalue weighted by atomic mass is 35.5. The van der Waals surface area contributed by atoms with Crippen LogP contribution in [0.2, 0.25) is 5.02 Å². The zero-order valence-corrected chi connectivity index (χ0v) is 15.9. The number of halogens is 1. The molecule has 0 amide bonds. The minimum atomic E-state index is 0.361. The van der Waals surface area contributed by atoms with Gasteiger partial charge in [-0.25, -0.2) is 19.9 Å². The summed E-state index contributed by atoms with van der Waals surface area (Å²) in [5, 5.41) is 1.46. The molecule has 0 aliphatic heterocycles. The Hall–Kier alpha value is -2.34. The van der Waals surface area contributed by atoms with Gasteiger partial charge in [0, 0.05) is 13.0 Å². The van der Waals surface area contributed by atoms with E-state index in [1.165, 1.54) is 29.4 Å². The first-order valence-electron chi connectivity index (χ1n) is 7.80. The third-order valence-electron chi connectivity index (χ3n) is 3.75. The van der Waals surface area contributed by atoms with Gasteiger partial charge in [-0.15, -0.1) is 23.7 Å². The molecule has 26 heavy (non-hydrogen) atoms. The van der Waals surface area contributed by atoms with Gasteiger partial charge in [0.05, 0.1) is 15.2 Å². The molecule has 3 aromatic heterocycles. The van der Waals surface area contributed by atoms with E-state index in [9.17, 15) is 0 Å². The van der Waals surface area contributed by atoms with Gasteiger partial charge < -0.3 is 10.3 Å². The van der Waals surface area contributed by atoms with Crippen LogP contribution in [0.3, 0.4) is 0 Å². The molecule has 0 aliphatic rings. The van der Waals surface area contributed by atoms with E-state index < -0.39 is 0 Å². The van der Waals surface area contributed by atoms with Gasteiger partial charge in [0.25, 0.3) is 0 Å². The highest BCUT2D eigenvalue weighted by Gasteiger charge is 2.17. The van der Waals surface area contributed by atoms with Gasteiger partial charge in [-0.05, 0) is 30.3 Å². The molecule has 9 heteroatoms. The summed E-state index contributed by atoms with van der Waals surface area (Å²) in [4.78, 5) is 17.7. The fraction of sp³-hybridized carbons (Fsp3) is 0.176. The van der Waals surface area contributed by atoms with Crippen LogP contribution in [0.25, 0.3) is 21.4 Å². The standard InChI is InChI=1S/C17H13ClN6S2/c1-2-3-4-8-24-15-12(14(19)20-9-21-15)23-16(24)26-17-22-11-7-5-6-10(18)13(11)25-17/h1,5-7,9H,3-4,8H2,(H2,19,20,21). The van der Waals surface area contributed by atoms with Crippen molar-refractivity contribution in [1.29, 1.82) is 0 Å². The van der Waals surface area contributed by atoms with Crippen molar-refractivity contribution in [3.63, 3.8) is 0 Å². The molecule has 6 nitrogen and oxygen atoms in total. The maximum atomic E-state index is 6.26. The Balaban J connectivity index is 1.76. The lowest BCUT2D eigenvalue weighted by molar-refractivity contribution is 0.615. The number of hydrogen-bond donors (Lipinski definition) is 1. The molecule has 4 rings (SSSR count). The predicted octanol–water partition coefficient (Wildman–Crippen LogP) is 4.24. The monoisotopic (exact) mass is 400 g/mol. The van der Waals surface area contributed by atoms with Gasteiger partial charge in [-0.3, -0.25) is 0 Å². The minimum Gasteiger partial charge on any atom is -0.382 e. The molecule has 1 aromatic carbocycles. The second kappa shape index (κ2) is 7.11. The molecule has 2 N–H and O–H groups in total. The SMILES string of the molecule is C#CCCCn1c(Sc2nc3cccc(Cl)c3s2)nc2c(N)ncnc21. The first kappa shape index (κ1) is 17.1. The maximum Gasteiger partial charge on any atom is 0.177 e. The zero-order chi connectivity index (χ0) is 18.1. The molecule has 4 aromatic rings. The van der Waals surface area contributed by atoms with E-state index in [-0.39, 0.29) is 0 Å². The molecule has 0 aliphatic carbocycles. The molecule has 0 bridgehead atoms. The van der Waals surface area contributed by atoms with Gasteiger partial charge in [-0.1, -0.05) is 17.7 Å². The molecule has 3 heterocycles. The predicted molar refractivity (Wildman–Crippen MR) is 107 cm³/mol. The summed E-state index contributed by atoms with van der Waals surface area (Å²) in [6.07, 6.45) is 8.33. The number of terminal acetylenes is 1. The second-order valence-corrected chi connectivity index (χ2v) is 8.08. The first-order valence-corrected chi connectivity index (χ1v) is 9.81. The van der Waals surface area contributed by atoms with Gasteiger partial charge >= 0.3 is 0 Å². The van der Waals surface area contributed by atoms with Crippen molar-refractivity contribution in [3.05, 3.63) is 29.5 Å². The van der Waals surface area contributed by atoms with E-state index in [0.717, 1.165) is 26.1 Å². The van der Waals surface area contributed by atoms with Gasteiger partial charge in [0.2, 0.25) is 0 Å². The fourth-order valence-electron chi connectivity index (χ4n) is 2.57. The quantitative estimate of drug-likeness (QED) is 0.398. The van der Waals surface area contributed by atoms with Crippen molar-refractivity contribution >= 4 is 61.9 Å². The van der Waals surface area contributed by atoms with Crippen LogP contribution in [0, 0.1) is 12.3 Å². The normalized spacial score (nSPS) is 11.2. The van der Waals surface area contributed by atoms with Crippen LogP contribution in [-0.2, 0) is 6.54 Å². The van der Waals surface area contributed by atoms with Crippen LogP contribution in [0.1, 0.15) is 12.8 Å². The molecule has 130 valence electrons. The van der Waals surface area contributed by atoms with Crippen molar-refractivity contribution in [1.82, 2.24) is 24.5 Å². The Kier molecular flexibility index (Phi) is 4.68. The van der Waals surface area contributed by atoms with Crippen molar-refractivity contribution in [2.45, 2.75) is 28.9 Å². The molecular formula is C17H13ClN6S2. The highest BCUT2D eigenvalue weighted by Crippen LogP contribution is 2.38. The number of imidazole rings is 1. The minimum absolute atomic E-state index is 0.361. The van der Waals surface area contributed by atoms with Gasteiger partial charge in [-0.2, -0.15) is 0 Å². The number of hydrogen-bond acceptors (Lipinski definition) is 7. The number of nitrogen functional groups attached to an aromatic ring is 1. The average Bonchev–Trinajstić information content (AvgIpc) is 3.19. The molecule has 0 saturated heterocycles. The van der Waals surface area contributed by atoms with Crippen LogP contribution < -0.4 is 5.73 Å². The molecule has 0 saturated carbocycles. The fourth-order valence-corrected chi connectivity index (χ4v) is 4.92. The van der Waals surface area contributed by atoms with E-state index in [0.29, 0.717) is 35.0 Å². The number of nitrogens with zero attached hydrogens (tertiary/aromatic N) is 5. The van der Waals surface area contributed by atoms with Crippen molar-refractivity contribution < 1.29 is 0 Å². The summed E-state index contributed by atoms with van der Waals surface area (Å²) in [6.45, 7) is 0.700. The Bertz CT molecular complexity index is 1140. The third kappa shape index (κ3) is 3.09. The largest absolute Gasteiger partial charge is 0.382 e. The third-order valence-corrected chi connectivity index (χ3v) is 6.34. The van der Waals surface area contributed by atoms with Crippen LogP contribution in [-0.4, -0.2) is 24.5 Å². The summed E-state index contributed by atoms with van der Waals surface area (Å²) >= 11 is 9.26. The van der Waals surface area contributed by atoms with Gasteiger partial charge in [0.1, 0.15) is 6.33 Å². The Morgan fingerprint density at radius 3 is 3.00 bits per heavy atom. The highest BCUT2D eigenvalue weighted by molar-refractivity contribution is 8.01. The molecule has 0 radical (unpaired) electrons. The summed E-state index contributed by atoms with van der Waals surface area (Å²) < 4.78 is 3.84. The summed E-state index contributed by atoms with van der Waals surface area (Å²) in [5.74, 6) is 3.02. The summed E-state index contributed by atoms with van der Waals surface area (Å²) in [5.41, 5.74) is 8.14. The second-order valence-electron chi connectivity index (χ2n) is 5.45. The van der Waals surface area contributed by atoms with Crippen LogP contribution in [0.5, 0.6) is 0 Å². The lowest BCUT2D eigenvalue weighted by Gasteiger charge is -2.05. The van der Waals surface area contributed by atoms with Crippen molar-refractivity contribution in [2.24, 2.45) is 0 Å². The van der Waals surface area contributed by atoms with E-state index in [1.807, 2.05) is 22.8 Å². The van der Waals surface area contributed by atoms with E-state index >= 15 is 0 Å². The summed E-state index contributed by atoms with van der Waals surface area (Å²) in [6, 6.07) is 5.70. The molecular weight excluding hydrogens is 388 g/mol. The Morgan fingerprint density at radius 2 is 2.19 bits per heavy atom. The number of anilines is 1. The first-order chi connectivity index (χ1) is 12.7. The topological polar surface area (TPSA) is 82.5 Å². The van der Waals surface area contributed by atoms with E-state index in [4.69, 9.17) is 23.8 Å². The van der Waals surface area contributed by atoms with Crippen molar-refractivity contribution in [2.75, 3.05) is 5.73 Å². The smallest absolute Gasteiger partial charge is 0.177 e. The lowest BCUT2D eigenvalue weighted by atomic mass is 10.3. The average molecular weight is 401 g/mol. The van der Waals surface area contributed by atoms with E-state index in [2.05, 4.69) is 25.9 Å². The number of benzene rings is 1. The van der Waals surface area contributed by atoms with Crippen LogP contribution in [0.15, 0.2) is 34.0 Å². The van der Waals surface area contributed by atoms with Gasteiger partial charge in [0.15, 0.2) is 26.5 Å². The van der Waals surface area contributed by atoms with E-state index in [1.54, 1.807) is 0 Å². The molecule has 0 atom stereocenters. The Labute approximate surface area is 162 Å². The zero-order valence-electron chi connectivity index (χ0n) is 13.5. The maximum absolute atomic E-state index is 6.26. The number of thiazole rings is 1. The van der Waals surface area contributed by atoms with Crippen molar-refractivity contribution in [3.8, 4) is 12.3 Å². The lowest BCUT2D eigenvalue weighted by Crippen LogP contribution is -2.01. The van der Waals surface area contributed by atoms with Crippen LogP contribution >= 0.6 is 34.7 Å². The molecule has 0 unspecified atom stereocenters. The summed E-state index contributed by atoms with van der Waals surface area (Å²) in [7, 11) is 0. The number of rotatable bonds is 5. The number of aromatic nitrogens is 5. The van der Waals surface area contributed by atoms with Crippen LogP contribution in [0.4, 0.5) is 5.82 Å². The number of fused-ring (bicyclic) bond motifs is 2. The molecule has 0 fully saturated rings. The molecule has 0 spiro atoms. The number of nitrogens with two attached hydrogens (primary N) is 1. The Morgan fingerprint density at radius 1 is 1.31 bits per heavy atom.